The van der Waals surface area contributed by atoms with E-state index in [1.807, 2.05) is 11.9 Å². The van der Waals surface area contributed by atoms with Crippen LogP contribution in [0, 0.1) is 52.8 Å². The van der Waals surface area contributed by atoms with Gasteiger partial charge in [-0.2, -0.15) is 0 Å². The summed E-state index contributed by atoms with van der Waals surface area (Å²) in [7, 11) is 0. The molecule has 8 atom stereocenters. The minimum atomic E-state index is 0.237. The molecule has 0 radical (unpaired) electrons. The van der Waals surface area contributed by atoms with Crippen molar-refractivity contribution in [2.24, 2.45) is 45.8 Å². The molecule has 1 aromatic rings. The number of benzene rings is 1. The molecule has 4 unspecified atom stereocenters. The maximum atomic E-state index is 4.20. The normalized spacial score (nSPS) is 41.9. The minimum absolute atomic E-state index is 0.237. The van der Waals surface area contributed by atoms with E-state index in [0.717, 1.165) is 42.7 Å². The predicted octanol–water partition coefficient (Wildman–Crippen LogP) is 9.44. The molecule has 3 heteroatoms. The molecule has 0 saturated heterocycles. The summed E-state index contributed by atoms with van der Waals surface area (Å²) >= 11 is 1.91. The van der Waals surface area contributed by atoms with Crippen LogP contribution in [-0.2, 0) is 0 Å². The smallest absolute Gasteiger partial charge is 0.0213 e. The molecule has 2 nitrogen and oxygen atoms in total. The third-order valence-corrected chi connectivity index (χ3v) is 14.6. The highest BCUT2D eigenvalue weighted by Crippen LogP contribution is 2.72. The van der Waals surface area contributed by atoms with Gasteiger partial charge in [0.25, 0.3) is 0 Å². The Bertz CT molecular complexity index is 1080. The molecule has 4 saturated carbocycles. The van der Waals surface area contributed by atoms with Gasteiger partial charge in [0.2, 0.25) is 0 Å². The molecule has 2 N–H and O–H groups in total. The van der Waals surface area contributed by atoms with Crippen LogP contribution in [0.15, 0.2) is 30.3 Å². The Morgan fingerprint density at radius 1 is 0.825 bits per heavy atom. The van der Waals surface area contributed by atoms with E-state index in [-0.39, 0.29) is 5.41 Å². The Balaban J connectivity index is 1.21. The quantitative estimate of drug-likeness (QED) is 0.244. The van der Waals surface area contributed by atoms with E-state index in [0.29, 0.717) is 16.4 Å². The monoisotopic (exact) mass is 562 g/mol. The van der Waals surface area contributed by atoms with E-state index in [2.05, 4.69) is 81.9 Å². The fourth-order valence-corrected chi connectivity index (χ4v) is 12.6. The van der Waals surface area contributed by atoms with Gasteiger partial charge < -0.3 is 5.32 Å². The van der Waals surface area contributed by atoms with Crippen molar-refractivity contribution in [3.63, 3.8) is 0 Å². The van der Waals surface area contributed by atoms with Crippen molar-refractivity contribution < 1.29 is 0 Å². The van der Waals surface area contributed by atoms with Gasteiger partial charge in [-0.25, -0.2) is 0 Å². The molecule has 0 spiro atoms. The second kappa shape index (κ2) is 11.1. The first-order valence-corrected chi connectivity index (χ1v) is 18.0. The third kappa shape index (κ3) is 4.68. The fourth-order valence-electron chi connectivity index (χ4n) is 12.0. The molecule has 40 heavy (non-hydrogen) atoms. The van der Waals surface area contributed by atoms with Gasteiger partial charge in [0.05, 0.1) is 0 Å². The zero-order valence-electron chi connectivity index (χ0n) is 26.6. The largest absolute Gasteiger partial charge is 0.310 e. The second-order valence-corrected chi connectivity index (χ2v) is 16.8. The van der Waals surface area contributed by atoms with Gasteiger partial charge in [-0.3, -0.25) is 4.72 Å². The van der Waals surface area contributed by atoms with E-state index in [9.17, 15) is 0 Å². The summed E-state index contributed by atoms with van der Waals surface area (Å²) in [6.45, 7) is 17.4. The first-order chi connectivity index (χ1) is 19.2. The lowest BCUT2D eigenvalue weighted by Gasteiger charge is -2.68. The Kier molecular flexibility index (Phi) is 8.10. The Morgan fingerprint density at radius 2 is 1.62 bits per heavy atom. The molecule has 0 aliphatic heterocycles. The first kappa shape index (κ1) is 29.3. The summed E-state index contributed by atoms with van der Waals surface area (Å²) in [5.74, 6) is 5.67. The molecule has 0 amide bonds. The van der Waals surface area contributed by atoms with Gasteiger partial charge in [0.15, 0.2) is 0 Å². The van der Waals surface area contributed by atoms with E-state index in [4.69, 9.17) is 0 Å². The van der Waals surface area contributed by atoms with Gasteiger partial charge in [-0.05, 0) is 128 Å². The van der Waals surface area contributed by atoms with Crippen LogP contribution >= 0.6 is 11.9 Å². The zero-order valence-corrected chi connectivity index (χ0v) is 27.4. The summed E-state index contributed by atoms with van der Waals surface area (Å²) < 4.78 is 3.60. The number of fused-ring (bicyclic) bond motifs is 7. The van der Waals surface area contributed by atoms with E-state index < -0.39 is 0 Å². The topological polar surface area (TPSA) is 24.1 Å². The highest BCUT2D eigenvalue weighted by molar-refractivity contribution is 7.97. The molecule has 5 aliphatic rings. The van der Waals surface area contributed by atoms with Gasteiger partial charge >= 0.3 is 0 Å². The lowest BCUT2D eigenvalue weighted by molar-refractivity contribution is -0.172. The van der Waals surface area contributed by atoms with E-state index in [1.54, 1.807) is 5.57 Å². The molecule has 4 fully saturated rings. The molecule has 6 rings (SSSR count). The number of hydrogen-bond donors (Lipinski definition) is 2. The van der Waals surface area contributed by atoms with Crippen molar-refractivity contribution in [1.29, 1.82) is 0 Å². The van der Waals surface area contributed by atoms with Crippen molar-refractivity contribution in [2.45, 2.75) is 118 Å². The van der Waals surface area contributed by atoms with Gasteiger partial charge in [-0.15, -0.1) is 0 Å². The minimum Gasteiger partial charge on any atom is -0.310 e. The van der Waals surface area contributed by atoms with Crippen LogP contribution < -0.4 is 10.0 Å². The van der Waals surface area contributed by atoms with Crippen LogP contribution in [0.1, 0.15) is 116 Å². The zero-order chi connectivity index (χ0) is 28.2. The molecule has 0 bridgehead atoms. The number of allylic oxidation sites excluding steroid dienone is 2. The maximum absolute atomic E-state index is 4.20. The number of aryl methyl sites for hydroxylation is 1. The number of rotatable bonds is 8. The van der Waals surface area contributed by atoms with Gasteiger partial charge in [-0.1, -0.05) is 88.9 Å². The van der Waals surface area contributed by atoms with Crippen molar-refractivity contribution in [3.8, 4) is 0 Å². The second-order valence-electron chi connectivity index (χ2n) is 15.8. The summed E-state index contributed by atoms with van der Waals surface area (Å²) in [6.07, 6.45) is 18.3. The molecule has 0 aromatic heterocycles. The lowest BCUT2D eigenvalue weighted by Crippen LogP contribution is -2.63. The van der Waals surface area contributed by atoms with E-state index in [1.165, 1.54) is 87.5 Å². The maximum Gasteiger partial charge on any atom is 0.0213 e. The highest BCUT2D eigenvalue weighted by Gasteiger charge is 2.65. The van der Waals surface area contributed by atoms with Crippen molar-refractivity contribution >= 4 is 17.5 Å². The fraction of sp³-hybridized carbons (Fsp3) is 0.784. The summed E-state index contributed by atoms with van der Waals surface area (Å²) in [5, 5.41) is 4.20. The van der Waals surface area contributed by atoms with Crippen molar-refractivity contribution in [3.05, 3.63) is 41.5 Å². The number of nitrogens with one attached hydrogen (secondary N) is 2. The van der Waals surface area contributed by atoms with Crippen LogP contribution in [0.25, 0.3) is 5.57 Å². The summed E-state index contributed by atoms with van der Waals surface area (Å²) in [5.41, 5.74) is 6.07. The van der Waals surface area contributed by atoms with Crippen molar-refractivity contribution in [1.82, 2.24) is 10.0 Å². The first-order valence-electron chi connectivity index (χ1n) is 17.0. The predicted molar refractivity (Wildman–Crippen MR) is 174 cm³/mol. The van der Waals surface area contributed by atoms with Crippen LogP contribution in [0.5, 0.6) is 0 Å². The Morgan fingerprint density at radius 3 is 2.40 bits per heavy atom. The standard InChI is InChI=1S/C37H58N2S/c1-7-25-40-39-24-23-38-37-19-8-9-31(37)28-14-15-33-35(5,30(28)17-22-37)21-18-32-34(3,4)29(16-20-36(32,33)6)27-12-10-26(2)11-13-27/h10-13,16,28,30-33,38-39H,7-9,14-15,17-25H2,1-6H3/t28-,30?,31?,32?,33?,35-,36-,37-/m0/s1. The van der Waals surface area contributed by atoms with Crippen molar-refractivity contribution in [2.75, 3.05) is 18.8 Å². The number of hydrogen-bond acceptors (Lipinski definition) is 3. The van der Waals surface area contributed by atoms with Crippen LogP contribution in [0.4, 0.5) is 0 Å². The molecular formula is C37H58N2S. The highest BCUT2D eigenvalue weighted by atomic mass is 32.2. The Labute approximate surface area is 250 Å². The molecule has 222 valence electrons. The van der Waals surface area contributed by atoms with Crippen LogP contribution in [-0.4, -0.2) is 24.4 Å². The summed E-state index contributed by atoms with van der Waals surface area (Å²) in [6, 6.07) is 9.38. The SMILES string of the molecule is CCCSNCCN[C@]12CCCC1[C@H]1CCC3[C@@](C)(CCC4C(C)(C)C(c5ccc(C)cc5)=CC[C@@]43C)C1CC2. The Hall–Kier alpha value is -0.770. The summed E-state index contributed by atoms with van der Waals surface area (Å²) in [4.78, 5) is 0. The molecular weight excluding hydrogens is 504 g/mol. The molecule has 0 heterocycles. The van der Waals surface area contributed by atoms with Gasteiger partial charge in [0.1, 0.15) is 0 Å². The van der Waals surface area contributed by atoms with Crippen LogP contribution in [0.3, 0.4) is 0 Å². The third-order valence-electron chi connectivity index (χ3n) is 13.6. The molecule has 5 aliphatic carbocycles. The lowest BCUT2D eigenvalue weighted by atomic mass is 9.37. The van der Waals surface area contributed by atoms with E-state index >= 15 is 0 Å². The van der Waals surface area contributed by atoms with Crippen LogP contribution in [0.2, 0.25) is 0 Å². The van der Waals surface area contributed by atoms with Gasteiger partial charge in [0, 0.05) is 24.4 Å². The average molecular weight is 563 g/mol. The average Bonchev–Trinajstić information content (AvgIpc) is 3.35. The molecule has 1 aromatic carbocycles.